The first-order valence-electron chi connectivity index (χ1n) is 7.15. The molecule has 1 aromatic rings. The molecule has 3 nitrogen and oxygen atoms in total. The maximum atomic E-state index is 12.2. The summed E-state index contributed by atoms with van der Waals surface area (Å²) in [6, 6.07) is 6.80. The van der Waals surface area contributed by atoms with Crippen LogP contribution in [0.2, 0.25) is 0 Å². The van der Waals surface area contributed by atoms with Gasteiger partial charge in [0, 0.05) is 5.41 Å². The van der Waals surface area contributed by atoms with Crippen molar-refractivity contribution < 1.29 is 12.6 Å². The third kappa shape index (κ3) is 2.67. The zero-order valence-electron chi connectivity index (χ0n) is 11.7. The van der Waals surface area contributed by atoms with Crippen molar-refractivity contribution in [1.29, 1.82) is 0 Å². The Bertz CT molecular complexity index is 606. The van der Waals surface area contributed by atoms with Gasteiger partial charge < -0.3 is 0 Å². The van der Waals surface area contributed by atoms with Crippen LogP contribution in [0.1, 0.15) is 31.2 Å². The van der Waals surface area contributed by atoms with Gasteiger partial charge in [0.05, 0.1) is 11.5 Å². The van der Waals surface area contributed by atoms with E-state index in [0.29, 0.717) is 5.92 Å². The fourth-order valence-electron chi connectivity index (χ4n) is 3.07. The summed E-state index contributed by atoms with van der Waals surface area (Å²) in [6.45, 7) is 2.20. The van der Waals surface area contributed by atoms with Gasteiger partial charge in [-0.05, 0) is 50.7 Å². The molecule has 1 fully saturated rings. The Labute approximate surface area is 120 Å². The summed E-state index contributed by atoms with van der Waals surface area (Å²) in [6.07, 6.45) is 8.80. The summed E-state index contributed by atoms with van der Waals surface area (Å²) in [5.41, 5.74) is 0.975. The lowest BCUT2D eigenvalue weighted by molar-refractivity contribution is 0.120. The molecule has 3 aliphatic carbocycles. The Hall–Kier alpha value is -1.13. The Morgan fingerprint density at radius 1 is 1.20 bits per heavy atom. The number of hydrogen-bond donors (Lipinski definition) is 0. The maximum Gasteiger partial charge on any atom is 0.297 e. The highest BCUT2D eigenvalue weighted by atomic mass is 32.2. The molecule has 2 bridgehead atoms. The molecule has 0 N–H and O–H groups in total. The van der Waals surface area contributed by atoms with Gasteiger partial charge in [-0.2, -0.15) is 8.42 Å². The smallest absolute Gasteiger partial charge is 0.265 e. The summed E-state index contributed by atoms with van der Waals surface area (Å²) >= 11 is 0. The highest BCUT2D eigenvalue weighted by molar-refractivity contribution is 7.86. The van der Waals surface area contributed by atoms with E-state index < -0.39 is 10.1 Å². The topological polar surface area (TPSA) is 43.4 Å². The van der Waals surface area contributed by atoms with E-state index in [1.807, 2.05) is 6.92 Å². The Kier molecular flexibility index (Phi) is 3.46. The van der Waals surface area contributed by atoms with Crippen molar-refractivity contribution in [3.8, 4) is 0 Å². The third-order valence-electron chi connectivity index (χ3n) is 4.56. The van der Waals surface area contributed by atoms with E-state index in [9.17, 15) is 8.42 Å². The van der Waals surface area contributed by atoms with Crippen LogP contribution < -0.4 is 0 Å². The molecule has 0 radical (unpaired) electrons. The van der Waals surface area contributed by atoms with Crippen molar-refractivity contribution in [3.63, 3.8) is 0 Å². The molecule has 4 rings (SSSR count). The molecule has 3 aliphatic rings. The number of rotatable bonds is 4. The fraction of sp³-hybridized carbons (Fsp3) is 0.500. The van der Waals surface area contributed by atoms with Crippen molar-refractivity contribution in [1.82, 2.24) is 0 Å². The zero-order chi connectivity index (χ0) is 14.2. The molecular weight excluding hydrogens is 272 g/mol. The van der Waals surface area contributed by atoms with Gasteiger partial charge >= 0.3 is 0 Å². The van der Waals surface area contributed by atoms with E-state index in [1.165, 1.54) is 0 Å². The molecule has 0 amide bonds. The fourth-order valence-corrected chi connectivity index (χ4v) is 4.07. The molecule has 0 atom stereocenters. The highest BCUT2D eigenvalue weighted by Crippen LogP contribution is 2.46. The average Bonchev–Trinajstić information content (AvgIpc) is 2.48. The molecule has 4 heteroatoms. The van der Waals surface area contributed by atoms with E-state index in [4.69, 9.17) is 4.18 Å². The predicted molar refractivity (Wildman–Crippen MR) is 77.8 cm³/mol. The lowest BCUT2D eigenvalue weighted by Gasteiger charge is -2.41. The first-order valence-corrected chi connectivity index (χ1v) is 8.55. The molecule has 0 heterocycles. The number of allylic oxidation sites excluding steroid dienone is 1. The minimum absolute atomic E-state index is 0.0630. The van der Waals surface area contributed by atoms with Gasteiger partial charge in [0.2, 0.25) is 0 Å². The van der Waals surface area contributed by atoms with Crippen LogP contribution in [0, 0.1) is 18.3 Å². The lowest BCUT2D eigenvalue weighted by atomic mass is 9.66. The molecule has 0 saturated heterocycles. The molecule has 108 valence electrons. The van der Waals surface area contributed by atoms with E-state index >= 15 is 0 Å². The summed E-state index contributed by atoms with van der Waals surface area (Å²) in [5.74, 6) is 0.700. The van der Waals surface area contributed by atoms with Gasteiger partial charge in [-0.3, -0.25) is 4.18 Å². The van der Waals surface area contributed by atoms with Crippen LogP contribution in [0.5, 0.6) is 0 Å². The normalized spacial score (nSPS) is 28.8. The number of fused-ring (bicyclic) bond motifs is 2. The Balaban J connectivity index is 1.73. The van der Waals surface area contributed by atoms with Gasteiger partial charge in [-0.25, -0.2) is 0 Å². The second-order valence-corrected chi connectivity index (χ2v) is 7.70. The molecule has 0 aliphatic heterocycles. The van der Waals surface area contributed by atoms with Gasteiger partial charge in [-0.1, -0.05) is 29.8 Å². The van der Waals surface area contributed by atoms with Crippen molar-refractivity contribution >= 4 is 10.1 Å². The van der Waals surface area contributed by atoms with E-state index in [0.717, 1.165) is 31.2 Å². The Morgan fingerprint density at radius 3 is 2.40 bits per heavy atom. The largest absolute Gasteiger partial charge is 0.297 e. The molecule has 0 unspecified atom stereocenters. The third-order valence-corrected chi connectivity index (χ3v) is 5.84. The molecular formula is C16H20O3S. The SMILES string of the molecule is Cc1ccc(S(=O)(=O)OCC23C=CC(CC2)CC3)cc1. The molecule has 20 heavy (non-hydrogen) atoms. The summed E-state index contributed by atoms with van der Waals surface area (Å²) < 4.78 is 29.8. The van der Waals surface area contributed by atoms with E-state index in [2.05, 4.69) is 12.2 Å². The zero-order valence-corrected chi connectivity index (χ0v) is 12.5. The minimum atomic E-state index is -3.64. The standard InChI is InChI=1S/C16H20O3S/c1-13-2-4-15(5-3-13)20(17,18)19-12-16-9-6-14(7-10-16)8-11-16/h2-6,9,14H,7-8,10-12H2,1H3. The maximum absolute atomic E-state index is 12.2. The summed E-state index contributed by atoms with van der Waals surface area (Å²) in [7, 11) is -3.64. The van der Waals surface area contributed by atoms with Crippen LogP contribution in [0.4, 0.5) is 0 Å². The van der Waals surface area contributed by atoms with Crippen LogP contribution in [0.3, 0.4) is 0 Å². The quantitative estimate of drug-likeness (QED) is 0.630. The van der Waals surface area contributed by atoms with Crippen molar-refractivity contribution in [2.24, 2.45) is 11.3 Å². The van der Waals surface area contributed by atoms with Crippen molar-refractivity contribution in [2.75, 3.05) is 6.61 Å². The monoisotopic (exact) mass is 292 g/mol. The highest BCUT2D eigenvalue weighted by Gasteiger charge is 2.38. The van der Waals surface area contributed by atoms with E-state index in [1.54, 1.807) is 24.3 Å². The van der Waals surface area contributed by atoms with Crippen LogP contribution in [-0.4, -0.2) is 15.0 Å². The van der Waals surface area contributed by atoms with Gasteiger partial charge in [-0.15, -0.1) is 0 Å². The van der Waals surface area contributed by atoms with Crippen LogP contribution in [0.15, 0.2) is 41.3 Å². The van der Waals surface area contributed by atoms with E-state index in [-0.39, 0.29) is 16.9 Å². The van der Waals surface area contributed by atoms with Gasteiger partial charge in [0.25, 0.3) is 10.1 Å². The van der Waals surface area contributed by atoms with Crippen LogP contribution in [0.25, 0.3) is 0 Å². The summed E-state index contributed by atoms with van der Waals surface area (Å²) in [5, 5.41) is 0. The van der Waals surface area contributed by atoms with Crippen LogP contribution in [-0.2, 0) is 14.3 Å². The number of hydrogen-bond acceptors (Lipinski definition) is 3. The van der Waals surface area contributed by atoms with Crippen LogP contribution >= 0.6 is 0 Å². The number of benzene rings is 1. The molecule has 0 aromatic heterocycles. The van der Waals surface area contributed by atoms with Crippen molar-refractivity contribution in [2.45, 2.75) is 37.5 Å². The predicted octanol–water partition coefficient (Wildman–Crippen LogP) is 3.45. The van der Waals surface area contributed by atoms with Gasteiger partial charge in [0.1, 0.15) is 0 Å². The van der Waals surface area contributed by atoms with Crippen molar-refractivity contribution in [3.05, 3.63) is 42.0 Å². The first-order chi connectivity index (χ1) is 9.49. The second-order valence-electron chi connectivity index (χ2n) is 6.09. The molecule has 1 aromatic carbocycles. The second kappa shape index (κ2) is 5.01. The molecule has 0 spiro atoms. The number of aryl methyl sites for hydroxylation is 1. The minimum Gasteiger partial charge on any atom is -0.265 e. The summed E-state index contributed by atoms with van der Waals surface area (Å²) in [4.78, 5) is 0.243. The lowest BCUT2D eigenvalue weighted by Crippen LogP contribution is -2.34. The Morgan fingerprint density at radius 2 is 1.85 bits per heavy atom. The first kappa shape index (κ1) is 13.8. The van der Waals surface area contributed by atoms with Gasteiger partial charge in [0.15, 0.2) is 0 Å². The molecule has 1 saturated carbocycles. The average molecular weight is 292 g/mol.